The maximum absolute atomic E-state index is 12.3. The molecule has 4 heteroatoms. The summed E-state index contributed by atoms with van der Waals surface area (Å²) in [7, 11) is 0. The summed E-state index contributed by atoms with van der Waals surface area (Å²) in [6.45, 7) is 2.94. The number of hydrogen-bond donors (Lipinski definition) is 1. The van der Waals surface area contributed by atoms with Crippen LogP contribution in [-0.4, -0.2) is 12.5 Å². The van der Waals surface area contributed by atoms with Crippen LogP contribution in [0.25, 0.3) is 11.6 Å². The number of carbonyl (C=O) groups excluding carboxylic acids is 1. The summed E-state index contributed by atoms with van der Waals surface area (Å²) in [4.78, 5) is 12.3. The Bertz CT molecular complexity index is 1030. The van der Waals surface area contributed by atoms with E-state index in [1.807, 2.05) is 85.8 Å². The number of ether oxygens (including phenoxy) is 2. The lowest BCUT2D eigenvalue weighted by Crippen LogP contribution is -2.03. The van der Waals surface area contributed by atoms with Gasteiger partial charge in [-0.05, 0) is 42.3 Å². The van der Waals surface area contributed by atoms with Crippen molar-refractivity contribution in [2.24, 2.45) is 0 Å². The second-order valence-corrected chi connectivity index (χ2v) is 6.47. The summed E-state index contributed by atoms with van der Waals surface area (Å²) in [6.07, 6.45) is 1.88. The van der Waals surface area contributed by atoms with Crippen molar-refractivity contribution in [3.05, 3.63) is 89.5 Å². The van der Waals surface area contributed by atoms with Crippen molar-refractivity contribution in [1.29, 1.82) is 0 Å². The van der Waals surface area contributed by atoms with Crippen LogP contribution in [0.1, 0.15) is 23.6 Å². The molecule has 1 amide bonds. The summed E-state index contributed by atoms with van der Waals surface area (Å²) in [5, 5.41) is 2.89. The van der Waals surface area contributed by atoms with Gasteiger partial charge in [0.25, 0.3) is 5.91 Å². The highest BCUT2D eigenvalue weighted by atomic mass is 16.5. The molecule has 1 aliphatic heterocycles. The van der Waals surface area contributed by atoms with Gasteiger partial charge in [0.1, 0.15) is 6.61 Å². The minimum absolute atomic E-state index is 0.0939. The standard InChI is InChI=1S/C24H21NO3/c1-2-27-23-15-18(12-13-22(23)28-16-17-8-4-3-5-9-17)14-20-19-10-6-7-11-21(19)25-24(20)26/h3-15H,2,16H2,1H3,(H,25,26)/b20-14-. The lowest BCUT2D eigenvalue weighted by Gasteiger charge is -2.13. The van der Waals surface area contributed by atoms with E-state index in [1.165, 1.54) is 0 Å². The number of anilines is 1. The third kappa shape index (κ3) is 3.76. The van der Waals surface area contributed by atoms with E-state index in [2.05, 4.69) is 5.32 Å². The van der Waals surface area contributed by atoms with E-state index in [0.29, 0.717) is 30.3 Å². The third-order valence-electron chi connectivity index (χ3n) is 4.53. The Balaban J connectivity index is 1.61. The van der Waals surface area contributed by atoms with Gasteiger partial charge in [0.2, 0.25) is 0 Å². The molecule has 140 valence electrons. The van der Waals surface area contributed by atoms with Crippen LogP contribution in [0.5, 0.6) is 11.5 Å². The van der Waals surface area contributed by atoms with Crippen LogP contribution in [-0.2, 0) is 11.4 Å². The Labute approximate surface area is 164 Å². The molecule has 0 saturated heterocycles. The molecule has 0 atom stereocenters. The van der Waals surface area contributed by atoms with E-state index in [4.69, 9.17) is 9.47 Å². The first-order valence-corrected chi connectivity index (χ1v) is 9.30. The number of benzene rings is 3. The van der Waals surface area contributed by atoms with Gasteiger partial charge in [-0.3, -0.25) is 4.79 Å². The molecule has 0 aromatic heterocycles. The highest BCUT2D eigenvalue weighted by Crippen LogP contribution is 2.35. The highest BCUT2D eigenvalue weighted by Gasteiger charge is 2.23. The fourth-order valence-corrected chi connectivity index (χ4v) is 3.19. The third-order valence-corrected chi connectivity index (χ3v) is 4.53. The molecule has 0 aliphatic carbocycles. The monoisotopic (exact) mass is 371 g/mol. The van der Waals surface area contributed by atoms with Crippen molar-refractivity contribution in [3.63, 3.8) is 0 Å². The van der Waals surface area contributed by atoms with Crippen molar-refractivity contribution in [1.82, 2.24) is 0 Å². The molecule has 0 fully saturated rings. The van der Waals surface area contributed by atoms with E-state index in [0.717, 1.165) is 22.4 Å². The van der Waals surface area contributed by atoms with E-state index in [-0.39, 0.29) is 5.91 Å². The Morgan fingerprint density at radius 2 is 1.68 bits per heavy atom. The average molecular weight is 371 g/mol. The number of amides is 1. The zero-order valence-electron chi connectivity index (χ0n) is 15.6. The van der Waals surface area contributed by atoms with Crippen molar-refractivity contribution in [2.45, 2.75) is 13.5 Å². The molecule has 1 aliphatic rings. The number of nitrogens with one attached hydrogen (secondary N) is 1. The summed E-state index contributed by atoms with van der Waals surface area (Å²) >= 11 is 0. The minimum atomic E-state index is -0.0939. The first-order valence-electron chi connectivity index (χ1n) is 9.30. The summed E-state index contributed by atoms with van der Waals surface area (Å²) < 4.78 is 11.7. The topological polar surface area (TPSA) is 47.6 Å². The molecule has 0 bridgehead atoms. The van der Waals surface area contributed by atoms with Gasteiger partial charge in [0.05, 0.1) is 6.61 Å². The number of fused-ring (bicyclic) bond motifs is 1. The number of hydrogen-bond acceptors (Lipinski definition) is 3. The highest BCUT2D eigenvalue weighted by molar-refractivity contribution is 6.34. The van der Waals surface area contributed by atoms with Crippen molar-refractivity contribution >= 4 is 23.2 Å². The van der Waals surface area contributed by atoms with Gasteiger partial charge < -0.3 is 14.8 Å². The van der Waals surface area contributed by atoms with Gasteiger partial charge in [-0.2, -0.15) is 0 Å². The number of para-hydroxylation sites is 1. The minimum Gasteiger partial charge on any atom is -0.490 e. The normalized spacial score (nSPS) is 13.9. The lowest BCUT2D eigenvalue weighted by molar-refractivity contribution is -0.110. The molecule has 0 spiro atoms. The Morgan fingerprint density at radius 1 is 0.893 bits per heavy atom. The Hall–Kier alpha value is -3.53. The molecular weight excluding hydrogens is 350 g/mol. The van der Waals surface area contributed by atoms with Gasteiger partial charge in [-0.1, -0.05) is 54.6 Å². The van der Waals surface area contributed by atoms with E-state index >= 15 is 0 Å². The summed E-state index contributed by atoms with van der Waals surface area (Å²) in [5.74, 6) is 1.26. The quantitative estimate of drug-likeness (QED) is 0.609. The summed E-state index contributed by atoms with van der Waals surface area (Å²) in [6, 6.07) is 23.4. The van der Waals surface area contributed by atoms with Gasteiger partial charge in [-0.15, -0.1) is 0 Å². The SMILES string of the molecule is CCOc1cc(/C=C2\C(=O)Nc3ccccc32)ccc1OCc1ccccc1. The van der Waals surface area contributed by atoms with Crippen LogP contribution < -0.4 is 14.8 Å². The van der Waals surface area contributed by atoms with Gasteiger partial charge in [-0.25, -0.2) is 0 Å². The van der Waals surface area contributed by atoms with Crippen LogP contribution in [0, 0.1) is 0 Å². The average Bonchev–Trinajstić information content (AvgIpc) is 3.04. The molecule has 0 radical (unpaired) electrons. The van der Waals surface area contributed by atoms with Gasteiger partial charge in [0.15, 0.2) is 11.5 Å². The van der Waals surface area contributed by atoms with E-state index < -0.39 is 0 Å². The predicted octanol–water partition coefficient (Wildman–Crippen LogP) is 5.16. The Morgan fingerprint density at radius 3 is 2.50 bits per heavy atom. The van der Waals surface area contributed by atoms with Crippen molar-refractivity contribution in [3.8, 4) is 11.5 Å². The number of carbonyl (C=O) groups is 1. The lowest BCUT2D eigenvalue weighted by atomic mass is 10.0. The molecule has 1 heterocycles. The van der Waals surface area contributed by atoms with Gasteiger partial charge >= 0.3 is 0 Å². The number of rotatable bonds is 6. The molecule has 1 N–H and O–H groups in total. The van der Waals surface area contributed by atoms with Crippen LogP contribution in [0.3, 0.4) is 0 Å². The van der Waals surface area contributed by atoms with Crippen LogP contribution in [0.4, 0.5) is 5.69 Å². The first-order chi connectivity index (χ1) is 13.7. The fraction of sp³-hybridized carbons (Fsp3) is 0.125. The Kier molecular flexibility index (Phi) is 5.11. The van der Waals surface area contributed by atoms with Crippen LogP contribution >= 0.6 is 0 Å². The maximum Gasteiger partial charge on any atom is 0.256 e. The zero-order chi connectivity index (χ0) is 19.3. The zero-order valence-corrected chi connectivity index (χ0v) is 15.6. The van der Waals surface area contributed by atoms with Gasteiger partial charge in [0, 0.05) is 16.8 Å². The molecule has 0 unspecified atom stereocenters. The molecule has 28 heavy (non-hydrogen) atoms. The molecule has 0 saturated carbocycles. The van der Waals surface area contributed by atoms with E-state index in [1.54, 1.807) is 0 Å². The second kappa shape index (κ2) is 8.01. The van der Waals surface area contributed by atoms with E-state index in [9.17, 15) is 4.79 Å². The fourth-order valence-electron chi connectivity index (χ4n) is 3.19. The molecular formula is C24H21NO3. The smallest absolute Gasteiger partial charge is 0.256 e. The molecule has 3 aromatic rings. The largest absolute Gasteiger partial charge is 0.490 e. The van der Waals surface area contributed by atoms with Crippen LogP contribution in [0.15, 0.2) is 72.8 Å². The summed E-state index contributed by atoms with van der Waals surface area (Å²) in [5.41, 5.74) is 4.38. The molecule has 4 rings (SSSR count). The molecule has 4 nitrogen and oxygen atoms in total. The van der Waals surface area contributed by atoms with Crippen molar-refractivity contribution in [2.75, 3.05) is 11.9 Å². The second-order valence-electron chi connectivity index (χ2n) is 6.47. The maximum atomic E-state index is 12.3. The van der Waals surface area contributed by atoms with Crippen LogP contribution in [0.2, 0.25) is 0 Å². The predicted molar refractivity (Wildman–Crippen MR) is 111 cm³/mol. The molecule has 3 aromatic carbocycles. The first kappa shape index (κ1) is 17.9. The van der Waals surface area contributed by atoms with Crippen molar-refractivity contribution < 1.29 is 14.3 Å².